The van der Waals surface area contributed by atoms with E-state index in [1.807, 2.05) is 13.8 Å². The van der Waals surface area contributed by atoms with Gasteiger partial charge >= 0.3 is 5.97 Å². The smallest absolute Gasteiger partial charge is 0.337 e. The van der Waals surface area contributed by atoms with Gasteiger partial charge in [-0.05, 0) is 64.2 Å². The van der Waals surface area contributed by atoms with Crippen LogP contribution in [0.2, 0.25) is 0 Å². The fourth-order valence-corrected chi connectivity index (χ4v) is 3.92. The third-order valence-electron chi connectivity index (χ3n) is 4.10. The average Bonchev–Trinajstić information content (AvgIpc) is 2.55. The summed E-state index contributed by atoms with van der Waals surface area (Å²) >= 11 is 0. The number of carbonyl (C=O) groups is 1. The van der Waals surface area contributed by atoms with Crippen LogP contribution in [0.1, 0.15) is 56.3 Å². The van der Waals surface area contributed by atoms with Gasteiger partial charge in [-0.25, -0.2) is 17.9 Å². The molecule has 0 bridgehead atoms. The number of benzene rings is 1. The number of carboxylic acids is 1. The lowest BCUT2D eigenvalue weighted by Crippen LogP contribution is -2.25. The minimum atomic E-state index is -3.73. The SMILES string of the molecule is CC(C)Nc1ccc(S(=O)(=O)NCCC2=CCCCC2)cc1C(=O)O. The predicted octanol–water partition coefficient (Wildman–Crippen LogP) is 3.37. The van der Waals surface area contributed by atoms with Gasteiger partial charge < -0.3 is 10.4 Å². The van der Waals surface area contributed by atoms with E-state index in [1.165, 1.54) is 30.2 Å². The van der Waals surface area contributed by atoms with Gasteiger partial charge in [-0.1, -0.05) is 11.6 Å². The van der Waals surface area contributed by atoms with Gasteiger partial charge in [0.2, 0.25) is 10.0 Å². The summed E-state index contributed by atoms with van der Waals surface area (Å²) in [5, 5.41) is 12.4. The molecular weight excluding hydrogens is 340 g/mol. The van der Waals surface area contributed by atoms with Gasteiger partial charge in [0.05, 0.1) is 10.5 Å². The van der Waals surface area contributed by atoms with E-state index < -0.39 is 16.0 Å². The van der Waals surface area contributed by atoms with E-state index in [0.717, 1.165) is 19.3 Å². The van der Waals surface area contributed by atoms with Crippen molar-refractivity contribution in [2.24, 2.45) is 0 Å². The van der Waals surface area contributed by atoms with Crippen LogP contribution in [-0.4, -0.2) is 32.1 Å². The van der Waals surface area contributed by atoms with Crippen molar-refractivity contribution in [2.45, 2.75) is 56.9 Å². The van der Waals surface area contributed by atoms with Crippen LogP contribution in [0, 0.1) is 0 Å². The van der Waals surface area contributed by atoms with Crippen molar-refractivity contribution in [3.63, 3.8) is 0 Å². The molecule has 25 heavy (non-hydrogen) atoms. The molecule has 0 unspecified atom stereocenters. The van der Waals surface area contributed by atoms with Crippen molar-refractivity contribution in [1.29, 1.82) is 0 Å². The second-order valence-electron chi connectivity index (χ2n) is 6.57. The first kappa shape index (κ1) is 19.5. The summed E-state index contributed by atoms with van der Waals surface area (Å²) in [6.45, 7) is 4.10. The van der Waals surface area contributed by atoms with E-state index in [4.69, 9.17) is 0 Å². The Kier molecular flexibility index (Phi) is 6.61. The highest BCUT2D eigenvalue weighted by atomic mass is 32.2. The number of allylic oxidation sites excluding steroid dienone is 1. The van der Waals surface area contributed by atoms with E-state index >= 15 is 0 Å². The van der Waals surface area contributed by atoms with Crippen LogP contribution in [0.3, 0.4) is 0 Å². The van der Waals surface area contributed by atoms with E-state index in [0.29, 0.717) is 18.7 Å². The van der Waals surface area contributed by atoms with Crippen LogP contribution in [-0.2, 0) is 10.0 Å². The molecule has 1 aliphatic carbocycles. The molecule has 0 radical (unpaired) electrons. The Morgan fingerprint density at radius 2 is 2.04 bits per heavy atom. The van der Waals surface area contributed by atoms with E-state index in [-0.39, 0.29) is 16.5 Å². The Hall–Kier alpha value is -1.86. The molecule has 0 saturated carbocycles. The van der Waals surface area contributed by atoms with E-state index in [9.17, 15) is 18.3 Å². The number of hydrogen-bond donors (Lipinski definition) is 3. The van der Waals surface area contributed by atoms with Crippen molar-refractivity contribution in [2.75, 3.05) is 11.9 Å². The fourth-order valence-electron chi connectivity index (χ4n) is 2.87. The zero-order valence-corrected chi connectivity index (χ0v) is 15.5. The maximum absolute atomic E-state index is 12.4. The summed E-state index contributed by atoms with van der Waals surface area (Å²) in [5.41, 5.74) is 1.65. The summed E-state index contributed by atoms with van der Waals surface area (Å²) in [4.78, 5) is 11.4. The molecule has 0 atom stereocenters. The molecule has 0 aliphatic heterocycles. The Bertz CT molecular complexity index is 754. The maximum atomic E-state index is 12.4. The number of nitrogens with one attached hydrogen (secondary N) is 2. The lowest BCUT2D eigenvalue weighted by atomic mass is 9.97. The van der Waals surface area contributed by atoms with Crippen molar-refractivity contribution in [1.82, 2.24) is 4.72 Å². The molecule has 3 N–H and O–H groups in total. The summed E-state index contributed by atoms with van der Waals surface area (Å²) in [6, 6.07) is 4.18. The molecule has 138 valence electrons. The minimum Gasteiger partial charge on any atom is -0.478 e. The lowest BCUT2D eigenvalue weighted by Gasteiger charge is -2.15. The highest BCUT2D eigenvalue weighted by molar-refractivity contribution is 7.89. The average molecular weight is 366 g/mol. The topological polar surface area (TPSA) is 95.5 Å². The zero-order valence-electron chi connectivity index (χ0n) is 14.7. The first-order valence-electron chi connectivity index (χ1n) is 8.61. The zero-order chi connectivity index (χ0) is 18.4. The number of anilines is 1. The first-order chi connectivity index (χ1) is 11.8. The van der Waals surface area contributed by atoms with Gasteiger partial charge in [-0.2, -0.15) is 0 Å². The van der Waals surface area contributed by atoms with Crippen molar-refractivity contribution >= 4 is 21.7 Å². The third kappa shape index (κ3) is 5.57. The third-order valence-corrected chi connectivity index (χ3v) is 5.56. The Balaban J connectivity index is 2.11. The van der Waals surface area contributed by atoms with Crippen LogP contribution in [0.15, 0.2) is 34.7 Å². The summed E-state index contributed by atoms with van der Waals surface area (Å²) in [5.74, 6) is -1.16. The lowest BCUT2D eigenvalue weighted by molar-refractivity contribution is 0.0697. The number of hydrogen-bond acceptors (Lipinski definition) is 4. The Morgan fingerprint density at radius 3 is 2.64 bits per heavy atom. The van der Waals surface area contributed by atoms with Crippen LogP contribution in [0.4, 0.5) is 5.69 Å². The molecule has 1 aliphatic rings. The normalized spacial score (nSPS) is 15.1. The van der Waals surface area contributed by atoms with Crippen LogP contribution in [0.25, 0.3) is 0 Å². The Morgan fingerprint density at radius 1 is 1.28 bits per heavy atom. The molecule has 0 spiro atoms. The standard InChI is InChI=1S/C18H26N2O4S/c1-13(2)20-17-9-8-15(12-16(17)18(21)22)25(23,24)19-11-10-14-6-4-3-5-7-14/h6,8-9,12-13,19-20H,3-5,7,10-11H2,1-2H3,(H,21,22). The van der Waals surface area contributed by atoms with E-state index in [2.05, 4.69) is 16.1 Å². The molecule has 1 aromatic rings. The van der Waals surface area contributed by atoms with Crippen LogP contribution < -0.4 is 10.0 Å². The molecule has 0 heterocycles. The molecule has 0 amide bonds. The molecule has 2 rings (SSSR count). The highest BCUT2D eigenvalue weighted by Crippen LogP contribution is 2.22. The largest absolute Gasteiger partial charge is 0.478 e. The molecule has 6 nitrogen and oxygen atoms in total. The second-order valence-corrected chi connectivity index (χ2v) is 8.33. The Labute approximate surface area is 149 Å². The van der Waals surface area contributed by atoms with Crippen molar-refractivity contribution in [3.05, 3.63) is 35.4 Å². The van der Waals surface area contributed by atoms with Crippen LogP contribution >= 0.6 is 0 Å². The monoisotopic (exact) mass is 366 g/mol. The van der Waals surface area contributed by atoms with Gasteiger partial charge in [-0.3, -0.25) is 0 Å². The summed E-state index contributed by atoms with van der Waals surface area (Å²) in [7, 11) is -3.73. The van der Waals surface area contributed by atoms with Gasteiger partial charge in [0, 0.05) is 18.3 Å². The van der Waals surface area contributed by atoms with Crippen molar-refractivity contribution in [3.8, 4) is 0 Å². The number of aromatic carboxylic acids is 1. The molecule has 0 aromatic heterocycles. The van der Waals surface area contributed by atoms with Gasteiger partial charge in [0.15, 0.2) is 0 Å². The van der Waals surface area contributed by atoms with Gasteiger partial charge in [-0.15, -0.1) is 0 Å². The second kappa shape index (κ2) is 8.49. The summed E-state index contributed by atoms with van der Waals surface area (Å²) < 4.78 is 27.4. The number of sulfonamides is 1. The molecular formula is C18H26N2O4S. The quantitative estimate of drug-likeness (QED) is 0.613. The first-order valence-corrected chi connectivity index (χ1v) is 10.1. The highest BCUT2D eigenvalue weighted by Gasteiger charge is 2.19. The number of rotatable bonds is 8. The minimum absolute atomic E-state index is 0.0307. The van der Waals surface area contributed by atoms with Crippen molar-refractivity contribution < 1.29 is 18.3 Å². The summed E-state index contributed by atoms with van der Waals surface area (Å²) in [6.07, 6.45) is 7.33. The van der Waals surface area contributed by atoms with E-state index in [1.54, 1.807) is 0 Å². The maximum Gasteiger partial charge on any atom is 0.337 e. The molecule has 1 aromatic carbocycles. The molecule has 7 heteroatoms. The fraction of sp³-hybridized carbons (Fsp3) is 0.500. The number of carboxylic acid groups (broad SMARTS) is 1. The predicted molar refractivity (Wildman–Crippen MR) is 98.5 cm³/mol. The van der Waals surface area contributed by atoms with Gasteiger partial charge in [0.25, 0.3) is 0 Å². The molecule has 0 saturated heterocycles. The van der Waals surface area contributed by atoms with Gasteiger partial charge in [0.1, 0.15) is 0 Å². The van der Waals surface area contributed by atoms with Crippen LogP contribution in [0.5, 0.6) is 0 Å². The molecule has 0 fully saturated rings.